The van der Waals surface area contributed by atoms with Gasteiger partial charge in [-0.05, 0) is 22.5 Å². The van der Waals surface area contributed by atoms with E-state index in [9.17, 15) is 19.0 Å². The Hall–Kier alpha value is -0.483. The summed E-state index contributed by atoms with van der Waals surface area (Å²) in [5, 5.41) is 27.3. The van der Waals surface area contributed by atoms with Gasteiger partial charge in [0.25, 0.3) is 0 Å². The van der Waals surface area contributed by atoms with Crippen LogP contribution in [0.1, 0.15) is 41.5 Å². The van der Waals surface area contributed by atoms with E-state index in [1.54, 1.807) is 0 Å². The van der Waals surface area contributed by atoms with Crippen LogP contribution in [0, 0.1) is 11.5 Å². The maximum atomic E-state index is 13.9. The van der Waals surface area contributed by atoms with Crippen molar-refractivity contribution < 1.29 is 24.1 Å². The average Bonchev–Trinajstić information content (AvgIpc) is 2.36. The van der Waals surface area contributed by atoms with Crippen molar-refractivity contribution in [3.8, 4) is 11.5 Å². The lowest BCUT2D eigenvalue weighted by Gasteiger charge is -2.38. The van der Waals surface area contributed by atoms with Gasteiger partial charge in [-0.15, -0.1) is 5.54 Å². The van der Waals surface area contributed by atoms with Gasteiger partial charge in [-0.25, -0.2) is 0 Å². The zero-order valence-electron chi connectivity index (χ0n) is 13.7. The Balaban J connectivity index is 5.67. The smallest absolute Gasteiger partial charge is 0.335 e. The van der Waals surface area contributed by atoms with E-state index in [1.165, 1.54) is 0 Å². The van der Waals surface area contributed by atoms with Gasteiger partial charge in [-0.2, -0.15) is 8.78 Å². The van der Waals surface area contributed by atoms with Crippen LogP contribution in [0.2, 0.25) is 16.6 Å². The van der Waals surface area contributed by atoms with Gasteiger partial charge in [0.2, 0.25) is 0 Å². The Labute approximate surface area is 127 Å². The third kappa shape index (κ3) is 4.49. The Morgan fingerprint density at radius 2 is 1.33 bits per heavy atom. The van der Waals surface area contributed by atoms with Gasteiger partial charge >= 0.3 is 5.92 Å². The average molecular weight is 322 g/mol. The van der Waals surface area contributed by atoms with Crippen LogP contribution in [0.15, 0.2) is 0 Å². The first kappa shape index (κ1) is 20.5. The number of hydrogen-bond acceptors (Lipinski definition) is 3. The monoisotopic (exact) mass is 322 g/mol. The zero-order valence-corrected chi connectivity index (χ0v) is 14.7. The fourth-order valence-corrected chi connectivity index (χ4v) is 8.29. The Morgan fingerprint density at radius 1 is 0.952 bits per heavy atom. The van der Waals surface area contributed by atoms with Gasteiger partial charge in [-0.3, -0.25) is 0 Å². The van der Waals surface area contributed by atoms with Crippen molar-refractivity contribution in [1.29, 1.82) is 0 Å². The van der Waals surface area contributed by atoms with Gasteiger partial charge < -0.3 is 15.3 Å². The van der Waals surface area contributed by atoms with Crippen molar-refractivity contribution in [2.75, 3.05) is 6.61 Å². The summed E-state index contributed by atoms with van der Waals surface area (Å²) in [6.45, 7) is 11.1. The molecule has 0 heterocycles. The molecule has 3 N–H and O–H groups in total. The molecule has 6 heteroatoms. The first-order valence-electron chi connectivity index (χ1n) is 7.32. The highest BCUT2D eigenvalue weighted by molar-refractivity contribution is 6.90. The molecule has 124 valence electrons. The highest BCUT2D eigenvalue weighted by Crippen LogP contribution is 2.41. The number of halogens is 2. The third-order valence-corrected chi connectivity index (χ3v) is 10.5. The molecule has 0 bridgehead atoms. The molecule has 0 amide bonds. The molecule has 0 aromatic heterocycles. The van der Waals surface area contributed by atoms with Crippen LogP contribution in [-0.2, 0) is 0 Å². The second-order valence-corrected chi connectivity index (χ2v) is 12.0. The topological polar surface area (TPSA) is 60.7 Å². The van der Waals surface area contributed by atoms with Crippen molar-refractivity contribution in [2.24, 2.45) is 0 Å². The molecular formula is C15H28F2O3Si. The summed E-state index contributed by atoms with van der Waals surface area (Å²) in [6.07, 6.45) is -4.28. The number of aliphatic hydroxyl groups is 3. The normalized spacial score (nSPS) is 16.1. The van der Waals surface area contributed by atoms with Crippen LogP contribution in [0.25, 0.3) is 0 Å². The number of hydrogen-bond donors (Lipinski definition) is 3. The Kier molecular flexibility index (Phi) is 7.50. The van der Waals surface area contributed by atoms with Gasteiger partial charge in [0.15, 0.2) is 6.10 Å². The molecule has 0 rings (SSSR count). The second-order valence-electron chi connectivity index (χ2n) is 6.46. The molecule has 21 heavy (non-hydrogen) atoms. The van der Waals surface area contributed by atoms with Crippen LogP contribution < -0.4 is 0 Å². The molecule has 2 atom stereocenters. The summed E-state index contributed by atoms with van der Waals surface area (Å²) in [5.41, 5.74) is 3.40. The number of aliphatic hydroxyl groups excluding tert-OH is 3. The standard InChI is InChI=1S/C15H28F2O3Si/c1-10(2)21(11(3)4,12(5)6)8-7-15(16,17)14(20)13(19)9-18/h10-14,18-20H,9H2,1-6H3. The molecule has 3 nitrogen and oxygen atoms in total. The second kappa shape index (κ2) is 7.68. The van der Waals surface area contributed by atoms with Crippen molar-refractivity contribution in [1.82, 2.24) is 0 Å². The Morgan fingerprint density at radius 3 is 1.62 bits per heavy atom. The van der Waals surface area contributed by atoms with Crippen LogP contribution >= 0.6 is 0 Å². The summed E-state index contributed by atoms with van der Waals surface area (Å²) >= 11 is 0. The highest BCUT2D eigenvalue weighted by Gasteiger charge is 2.45. The maximum absolute atomic E-state index is 13.9. The fraction of sp³-hybridized carbons (Fsp3) is 0.867. The van der Waals surface area contributed by atoms with Crippen LogP contribution in [0.3, 0.4) is 0 Å². The van der Waals surface area contributed by atoms with Crippen molar-refractivity contribution >= 4 is 8.07 Å². The van der Waals surface area contributed by atoms with E-state index in [4.69, 9.17) is 5.11 Å². The molecule has 0 aliphatic heterocycles. The molecule has 0 saturated carbocycles. The summed E-state index contributed by atoms with van der Waals surface area (Å²) in [6, 6.07) is 0. The molecular weight excluding hydrogens is 294 g/mol. The Bertz CT molecular complexity index is 364. The molecule has 0 aliphatic rings. The highest BCUT2D eigenvalue weighted by atomic mass is 28.3. The van der Waals surface area contributed by atoms with Crippen LogP contribution in [0.5, 0.6) is 0 Å². The van der Waals surface area contributed by atoms with E-state index < -0.39 is 32.8 Å². The minimum Gasteiger partial charge on any atom is -0.394 e. The number of alkyl halides is 2. The van der Waals surface area contributed by atoms with Crippen molar-refractivity contribution in [3.63, 3.8) is 0 Å². The number of rotatable bonds is 6. The molecule has 2 unspecified atom stereocenters. The maximum Gasteiger partial charge on any atom is 0.335 e. The predicted octanol–water partition coefficient (Wildman–Crippen LogP) is 2.56. The minimum atomic E-state index is -3.74. The van der Waals surface area contributed by atoms with E-state index >= 15 is 0 Å². The van der Waals surface area contributed by atoms with E-state index in [0.717, 1.165) is 0 Å². The lowest BCUT2D eigenvalue weighted by molar-refractivity contribution is -0.127. The van der Waals surface area contributed by atoms with Crippen LogP contribution in [-0.4, -0.2) is 48.1 Å². The summed E-state index contributed by atoms with van der Waals surface area (Å²) < 4.78 is 27.8. The fourth-order valence-electron chi connectivity index (χ4n) is 3.04. The lowest BCUT2D eigenvalue weighted by atomic mass is 10.1. The molecule has 0 fully saturated rings. The zero-order chi connectivity index (χ0) is 17.0. The molecule has 0 spiro atoms. The van der Waals surface area contributed by atoms with Gasteiger partial charge in [0.1, 0.15) is 14.2 Å². The minimum absolute atomic E-state index is 0.195. The molecule has 0 saturated heterocycles. The van der Waals surface area contributed by atoms with E-state index in [2.05, 4.69) is 5.54 Å². The summed E-state index contributed by atoms with van der Waals surface area (Å²) in [5.74, 6) is -1.82. The van der Waals surface area contributed by atoms with Gasteiger partial charge in [0, 0.05) is 0 Å². The van der Waals surface area contributed by atoms with E-state index in [-0.39, 0.29) is 16.6 Å². The lowest BCUT2D eigenvalue weighted by Crippen LogP contribution is -2.46. The summed E-state index contributed by atoms with van der Waals surface area (Å²) in [4.78, 5) is 0. The first-order chi connectivity index (χ1) is 9.43. The molecule has 0 aromatic rings. The molecule has 0 radical (unpaired) electrons. The van der Waals surface area contributed by atoms with Crippen molar-refractivity contribution in [2.45, 2.75) is 76.3 Å². The quantitative estimate of drug-likeness (QED) is 0.520. The molecule has 0 aliphatic carbocycles. The van der Waals surface area contributed by atoms with E-state index in [0.29, 0.717) is 0 Å². The van der Waals surface area contributed by atoms with Gasteiger partial charge in [-0.1, -0.05) is 41.5 Å². The largest absolute Gasteiger partial charge is 0.394 e. The molecule has 0 aromatic carbocycles. The first-order valence-corrected chi connectivity index (χ1v) is 9.55. The predicted molar refractivity (Wildman–Crippen MR) is 82.9 cm³/mol. The SMILES string of the molecule is CC(C)[Si](C#CC(F)(F)C(O)C(O)CO)(C(C)C)C(C)C. The third-order valence-electron chi connectivity index (χ3n) is 4.23. The van der Waals surface area contributed by atoms with Crippen LogP contribution in [0.4, 0.5) is 8.78 Å². The van der Waals surface area contributed by atoms with E-state index in [1.807, 2.05) is 47.5 Å². The van der Waals surface area contributed by atoms with Crippen molar-refractivity contribution in [3.05, 3.63) is 0 Å². The van der Waals surface area contributed by atoms with Gasteiger partial charge in [0.05, 0.1) is 6.61 Å². The summed E-state index contributed by atoms with van der Waals surface area (Å²) in [7, 11) is -2.32.